The summed E-state index contributed by atoms with van der Waals surface area (Å²) >= 11 is 0. The lowest BCUT2D eigenvalue weighted by Crippen LogP contribution is -2.17. The predicted molar refractivity (Wildman–Crippen MR) is 76.0 cm³/mol. The van der Waals surface area contributed by atoms with Crippen molar-refractivity contribution in [2.75, 3.05) is 6.61 Å². The van der Waals surface area contributed by atoms with Gasteiger partial charge < -0.3 is 9.47 Å². The average Bonchev–Trinajstić information content (AvgIpc) is 2.54. The van der Waals surface area contributed by atoms with Crippen LogP contribution in [0.1, 0.15) is 22.8 Å². The van der Waals surface area contributed by atoms with Crippen molar-refractivity contribution < 1.29 is 19.1 Å². The second-order valence-electron chi connectivity index (χ2n) is 4.21. The number of benzene rings is 1. The molecule has 0 saturated heterocycles. The quantitative estimate of drug-likeness (QED) is 0.463. The van der Waals surface area contributed by atoms with E-state index in [1.165, 1.54) is 12.3 Å². The maximum Gasteiger partial charge on any atom is 0.379 e. The van der Waals surface area contributed by atoms with Gasteiger partial charge in [0.25, 0.3) is 5.78 Å². The van der Waals surface area contributed by atoms with Crippen LogP contribution in [0.15, 0.2) is 48.7 Å². The molecule has 0 aliphatic rings. The van der Waals surface area contributed by atoms with Crippen molar-refractivity contribution in [2.24, 2.45) is 0 Å². The summed E-state index contributed by atoms with van der Waals surface area (Å²) in [5.41, 5.74) is 1.20. The van der Waals surface area contributed by atoms with Crippen molar-refractivity contribution in [3.8, 4) is 5.88 Å². The van der Waals surface area contributed by atoms with E-state index in [0.29, 0.717) is 12.5 Å². The summed E-state index contributed by atoms with van der Waals surface area (Å²) in [7, 11) is 0. The van der Waals surface area contributed by atoms with Crippen molar-refractivity contribution in [3.05, 3.63) is 59.8 Å². The van der Waals surface area contributed by atoms with Gasteiger partial charge in [-0.25, -0.2) is 9.78 Å². The molecule has 21 heavy (non-hydrogen) atoms. The maximum atomic E-state index is 11.7. The first kappa shape index (κ1) is 14.7. The molecule has 0 atom stereocenters. The molecule has 108 valence electrons. The number of carbonyl (C=O) groups excluding carboxylic acids is 2. The third-order valence-corrected chi connectivity index (χ3v) is 2.69. The number of esters is 1. The third kappa shape index (κ3) is 4.14. The number of hydrogen-bond donors (Lipinski definition) is 0. The van der Waals surface area contributed by atoms with E-state index in [0.717, 1.165) is 5.56 Å². The Morgan fingerprint density at radius 3 is 2.48 bits per heavy atom. The lowest BCUT2D eigenvalue weighted by Gasteiger charge is -2.06. The van der Waals surface area contributed by atoms with E-state index < -0.39 is 11.8 Å². The molecule has 0 bridgehead atoms. The molecule has 0 N–H and O–H groups in total. The van der Waals surface area contributed by atoms with Gasteiger partial charge in [0.1, 0.15) is 6.61 Å². The van der Waals surface area contributed by atoms with Crippen molar-refractivity contribution in [2.45, 2.75) is 13.5 Å². The molecule has 1 heterocycles. The van der Waals surface area contributed by atoms with Crippen molar-refractivity contribution in [3.63, 3.8) is 0 Å². The van der Waals surface area contributed by atoms with Crippen LogP contribution >= 0.6 is 0 Å². The first-order chi connectivity index (χ1) is 10.2. The van der Waals surface area contributed by atoms with Gasteiger partial charge in [-0.1, -0.05) is 30.3 Å². The molecule has 2 rings (SSSR count). The molecule has 0 saturated carbocycles. The van der Waals surface area contributed by atoms with Gasteiger partial charge in [-0.3, -0.25) is 4.79 Å². The summed E-state index contributed by atoms with van der Waals surface area (Å²) in [5, 5.41) is 0. The lowest BCUT2D eigenvalue weighted by atomic mass is 10.2. The average molecular weight is 285 g/mol. The zero-order chi connectivity index (χ0) is 15.1. The van der Waals surface area contributed by atoms with Gasteiger partial charge in [0.05, 0.1) is 6.61 Å². The SMILES string of the molecule is CCOC(=O)C(=O)c1ccc(OCc2ccccc2)nc1. The number of Topliss-reactive ketones (excluding diaryl/α,β-unsaturated/α-hetero) is 1. The number of aromatic nitrogens is 1. The molecule has 0 aliphatic carbocycles. The summed E-state index contributed by atoms with van der Waals surface area (Å²) in [6, 6.07) is 12.7. The molecule has 0 aliphatic heterocycles. The summed E-state index contributed by atoms with van der Waals surface area (Å²) in [4.78, 5) is 27.0. The Hall–Kier alpha value is -2.69. The minimum Gasteiger partial charge on any atom is -0.473 e. The molecule has 1 aromatic heterocycles. The molecule has 0 spiro atoms. The van der Waals surface area contributed by atoms with E-state index in [4.69, 9.17) is 4.74 Å². The monoisotopic (exact) mass is 285 g/mol. The number of ether oxygens (including phenoxy) is 2. The van der Waals surface area contributed by atoms with Gasteiger partial charge in [0, 0.05) is 17.8 Å². The molecule has 5 heteroatoms. The fraction of sp³-hybridized carbons (Fsp3) is 0.188. The molecular weight excluding hydrogens is 270 g/mol. The topological polar surface area (TPSA) is 65.5 Å². The van der Waals surface area contributed by atoms with E-state index >= 15 is 0 Å². The molecule has 0 unspecified atom stereocenters. The highest BCUT2D eigenvalue weighted by molar-refractivity contribution is 6.40. The molecular formula is C16H15NO4. The fourth-order valence-electron chi connectivity index (χ4n) is 1.65. The largest absolute Gasteiger partial charge is 0.473 e. The molecule has 0 radical (unpaired) electrons. The Balaban J connectivity index is 1.96. The van der Waals surface area contributed by atoms with Crippen LogP contribution in [0, 0.1) is 0 Å². The predicted octanol–water partition coefficient (Wildman–Crippen LogP) is 2.41. The van der Waals surface area contributed by atoms with Crippen molar-refractivity contribution in [1.82, 2.24) is 4.98 Å². The highest BCUT2D eigenvalue weighted by Crippen LogP contribution is 2.11. The second-order valence-corrected chi connectivity index (χ2v) is 4.21. The molecule has 5 nitrogen and oxygen atoms in total. The Morgan fingerprint density at radius 2 is 1.86 bits per heavy atom. The molecule has 0 fully saturated rings. The summed E-state index contributed by atoms with van der Waals surface area (Å²) in [5.74, 6) is -1.20. The Morgan fingerprint density at radius 1 is 1.10 bits per heavy atom. The zero-order valence-corrected chi connectivity index (χ0v) is 11.6. The van der Waals surface area contributed by atoms with E-state index in [9.17, 15) is 9.59 Å². The van der Waals surface area contributed by atoms with Gasteiger partial charge >= 0.3 is 5.97 Å². The van der Waals surface area contributed by atoms with E-state index in [1.807, 2.05) is 30.3 Å². The third-order valence-electron chi connectivity index (χ3n) is 2.69. The van der Waals surface area contributed by atoms with Crippen LogP contribution in [0.3, 0.4) is 0 Å². The van der Waals surface area contributed by atoms with E-state index in [2.05, 4.69) is 9.72 Å². The minimum absolute atomic E-state index is 0.163. The summed E-state index contributed by atoms with van der Waals surface area (Å²) in [6.07, 6.45) is 1.31. The number of hydrogen-bond acceptors (Lipinski definition) is 5. The van der Waals surface area contributed by atoms with Gasteiger partial charge in [-0.2, -0.15) is 0 Å². The molecule has 1 aromatic carbocycles. The summed E-state index contributed by atoms with van der Waals surface area (Å²) in [6.45, 7) is 2.19. The highest BCUT2D eigenvalue weighted by Gasteiger charge is 2.17. The van der Waals surface area contributed by atoms with Gasteiger partial charge in [-0.05, 0) is 18.6 Å². The smallest absolute Gasteiger partial charge is 0.379 e. The Labute approximate surface area is 122 Å². The van der Waals surface area contributed by atoms with Crippen molar-refractivity contribution >= 4 is 11.8 Å². The Bertz CT molecular complexity index is 608. The van der Waals surface area contributed by atoms with Crippen molar-refractivity contribution in [1.29, 1.82) is 0 Å². The Kier molecular flexibility index (Phi) is 5.04. The second kappa shape index (κ2) is 7.19. The number of nitrogens with zero attached hydrogens (tertiary/aromatic N) is 1. The first-order valence-corrected chi connectivity index (χ1v) is 6.55. The number of pyridine rings is 1. The normalized spacial score (nSPS) is 9.95. The van der Waals surface area contributed by atoms with Crippen LogP contribution in [0.5, 0.6) is 5.88 Å². The fourth-order valence-corrected chi connectivity index (χ4v) is 1.65. The van der Waals surface area contributed by atoms with Crippen LogP contribution in [-0.2, 0) is 16.1 Å². The van der Waals surface area contributed by atoms with Gasteiger partial charge in [0.15, 0.2) is 0 Å². The summed E-state index contributed by atoms with van der Waals surface area (Å²) < 4.78 is 10.1. The van der Waals surface area contributed by atoms with Crippen LogP contribution < -0.4 is 4.74 Å². The number of rotatable bonds is 6. The van der Waals surface area contributed by atoms with E-state index in [-0.39, 0.29) is 12.2 Å². The van der Waals surface area contributed by atoms with Crippen LogP contribution in [0.2, 0.25) is 0 Å². The number of carbonyl (C=O) groups is 2. The standard InChI is InChI=1S/C16H15NO4/c1-2-20-16(19)15(18)13-8-9-14(17-10-13)21-11-12-6-4-3-5-7-12/h3-10H,2,11H2,1H3. The highest BCUT2D eigenvalue weighted by atomic mass is 16.5. The van der Waals surface area contributed by atoms with Crippen LogP contribution in [0.25, 0.3) is 0 Å². The van der Waals surface area contributed by atoms with Gasteiger partial charge in [0.2, 0.25) is 5.88 Å². The molecule has 0 amide bonds. The lowest BCUT2D eigenvalue weighted by molar-refractivity contribution is -0.137. The van der Waals surface area contributed by atoms with E-state index in [1.54, 1.807) is 13.0 Å². The minimum atomic E-state index is -0.878. The number of ketones is 1. The first-order valence-electron chi connectivity index (χ1n) is 6.55. The van der Waals surface area contributed by atoms with Crippen LogP contribution in [0.4, 0.5) is 0 Å². The zero-order valence-electron chi connectivity index (χ0n) is 11.6. The van der Waals surface area contributed by atoms with Crippen LogP contribution in [-0.4, -0.2) is 23.3 Å². The van der Waals surface area contributed by atoms with Gasteiger partial charge in [-0.15, -0.1) is 0 Å². The molecule has 2 aromatic rings. The maximum absolute atomic E-state index is 11.7.